The van der Waals surface area contributed by atoms with Crippen LogP contribution < -0.4 is 0 Å². The first-order chi connectivity index (χ1) is 9.20. The van der Waals surface area contributed by atoms with Crippen LogP contribution in [-0.2, 0) is 16.8 Å². The van der Waals surface area contributed by atoms with Crippen molar-refractivity contribution in [2.24, 2.45) is 0 Å². The first kappa shape index (κ1) is 14.4. The smallest absolute Gasteiger partial charge is 0.305 e. The second-order valence-electron chi connectivity index (χ2n) is 5.74. The Morgan fingerprint density at radius 1 is 1.30 bits per heavy atom. The average Bonchev–Trinajstić information content (AvgIpc) is 2.65. The molecule has 0 radical (unpaired) electrons. The minimum absolute atomic E-state index is 0.104. The highest BCUT2D eigenvalue weighted by Crippen LogP contribution is 2.28. The maximum absolute atomic E-state index is 13.4. The van der Waals surface area contributed by atoms with Crippen molar-refractivity contribution < 1.29 is 18.7 Å². The van der Waals surface area contributed by atoms with E-state index in [2.05, 4.69) is 4.98 Å². The molecule has 0 aliphatic heterocycles. The lowest BCUT2D eigenvalue weighted by molar-refractivity contribution is -0.137. The van der Waals surface area contributed by atoms with Crippen LogP contribution in [0.25, 0.3) is 11.0 Å². The van der Waals surface area contributed by atoms with Crippen molar-refractivity contribution in [2.75, 3.05) is 0 Å². The molecule has 2 aromatic rings. The highest BCUT2D eigenvalue weighted by Gasteiger charge is 2.24. The molecule has 6 heteroatoms. The first-order valence-corrected chi connectivity index (χ1v) is 6.27. The number of nitrogens with zero attached hydrogens (tertiary/aromatic N) is 2. The minimum atomic E-state index is -0.963. The topological polar surface area (TPSA) is 55.1 Å². The summed E-state index contributed by atoms with van der Waals surface area (Å²) in [5.41, 5.74) is 0.388. The van der Waals surface area contributed by atoms with Crippen LogP contribution in [0.5, 0.6) is 0 Å². The predicted molar refractivity (Wildman–Crippen MR) is 70.6 cm³/mol. The summed E-state index contributed by atoms with van der Waals surface area (Å²) in [6, 6.07) is 2.10. The maximum atomic E-state index is 13.4. The van der Waals surface area contributed by atoms with Gasteiger partial charge in [-0.05, 0) is 0 Å². The molecule has 1 N–H and O–H groups in total. The zero-order valence-corrected chi connectivity index (χ0v) is 11.6. The summed E-state index contributed by atoms with van der Waals surface area (Å²) in [7, 11) is 0. The van der Waals surface area contributed by atoms with Gasteiger partial charge >= 0.3 is 5.97 Å². The summed E-state index contributed by atoms with van der Waals surface area (Å²) in [6.45, 7) is 5.91. The van der Waals surface area contributed by atoms with Crippen molar-refractivity contribution >= 4 is 17.0 Å². The Bertz CT molecular complexity index is 672. The van der Waals surface area contributed by atoms with Gasteiger partial charge in [0.15, 0.2) is 11.6 Å². The summed E-state index contributed by atoms with van der Waals surface area (Å²) in [5.74, 6) is -2.26. The average molecular weight is 282 g/mol. The van der Waals surface area contributed by atoms with Crippen molar-refractivity contribution in [1.82, 2.24) is 9.55 Å². The summed E-state index contributed by atoms with van der Waals surface area (Å²) < 4.78 is 28.3. The van der Waals surface area contributed by atoms with Gasteiger partial charge < -0.3 is 9.67 Å². The standard InChI is InChI=1S/C14H16F2N2O2/c1-14(2,3)13-17-10-6-8(15)9(16)7-11(10)18(13)5-4-12(19)20/h6-7H,4-5H2,1-3H3,(H,19,20). The van der Waals surface area contributed by atoms with Crippen LogP contribution in [0.3, 0.4) is 0 Å². The number of carboxylic acid groups (broad SMARTS) is 1. The fourth-order valence-electron chi connectivity index (χ4n) is 2.13. The van der Waals surface area contributed by atoms with Crippen molar-refractivity contribution in [3.8, 4) is 0 Å². The molecule has 1 aromatic carbocycles. The van der Waals surface area contributed by atoms with Gasteiger partial charge in [-0.2, -0.15) is 0 Å². The SMILES string of the molecule is CC(C)(C)c1nc2cc(F)c(F)cc2n1CCC(=O)O. The maximum Gasteiger partial charge on any atom is 0.305 e. The molecule has 0 bridgehead atoms. The number of carbonyl (C=O) groups is 1. The van der Waals surface area contributed by atoms with E-state index in [1.165, 1.54) is 0 Å². The number of carboxylic acids is 1. The van der Waals surface area contributed by atoms with Crippen molar-refractivity contribution in [2.45, 2.75) is 39.2 Å². The van der Waals surface area contributed by atoms with Gasteiger partial charge in [-0.15, -0.1) is 0 Å². The first-order valence-electron chi connectivity index (χ1n) is 6.27. The van der Waals surface area contributed by atoms with Gasteiger partial charge in [0, 0.05) is 24.1 Å². The van der Waals surface area contributed by atoms with Crippen LogP contribution in [-0.4, -0.2) is 20.6 Å². The van der Waals surface area contributed by atoms with Crippen molar-refractivity contribution in [3.05, 3.63) is 29.6 Å². The molecule has 0 spiro atoms. The van der Waals surface area contributed by atoms with E-state index in [-0.39, 0.29) is 18.4 Å². The van der Waals surface area contributed by atoms with Crippen molar-refractivity contribution in [3.63, 3.8) is 0 Å². The molecular weight excluding hydrogens is 266 g/mol. The Morgan fingerprint density at radius 2 is 1.90 bits per heavy atom. The number of aromatic nitrogens is 2. The van der Waals surface area contributed by atoms with Gasteiger partial charge in [0.05, 0.1) is 17.5 Å². The normalized spacial score (nSPS) is 12.1. The minimum Gasteiger partial charge on any atom is -0.481 e. The number of fused-ring (bicyclic) bond motifs is 1. The van der Waals surface area contributed by atoms with Gasteiger partial charge in [-0.25, -0.2) is 13.8 Å². The molecule has 1 aromatic heterocycles. The third-order valence-electron chi connectivity index (χ3n) is 3.01. The summed E-state index contributed by atoms with van der Waals surface area (Å²) in [4.78, 5) is 15.1. The second-order valence-corrected chi connectivity index (χ2v) is 5.74. The van der Waals surface area contributed by atoms with E-state index >= 15 is 0 Å². The predicted octanol–water partition coefficient (Wildman–Crippen LogP) is 3.09. The Labute approximate surface area is 115 Å². The third-order valence-corrected chi connectivity index (χ3v) is 3.01. The number of halogens is 2. The fourth-order valence-corrected chi connectivity index (χ4v) is 2.13. The highest BCUT2D eigenvalue weighted by atomic mass is 19.2. The second kappa shape index (κ2) is 4.85. The molecule has 0 aliphatic rings. The van der Waals surface area contributed by atoms with Crippen LogP contribution >= 0.6 is 0 Å². The van der Waals surface area contributed by atoms with Crippen LogP contribution in [0.2, 0.25) is 0 Å². The Morgan fingerprint density at radius 3 is 2.45 bits per heavy atom. The highest BCUT2D eigenvalue weighted by molar-refractivity contribution is 5.77. The van der Waals surface area contributed by atoms with E-state index in [0.29, 0.717) is 16.9 Å². The largest absolute Gasteiger partial charge is 0.481 e. The van der Waals surface area contributed by atoms with Crippen LogP contribution in [0.4, 0.5) is 8.78 Å². The molecule has 0 saturated heterocycles. The molecule has 4 nitrogen and oxygen atoms in total. The Balaban J connectivity index is 2.65. The molecule has 0 atom stereocenters. The van der Waals surface area contributed by atoms with E-state index in [1.54, 1.807) is 4.57 Å². The van der Waals surface area contributed by atoms with Crippen LogP contribution in [0.1, 0.15) is 33.0 Å². The van der Waals surface area contributed by atoms with E-state index in [9.17, 15) is 13.6 Å². The zero-order chi connectivity index (χ0) is 15.1. The van der Waals surface area contributed by atoms with E-state index in [1.807, 2.05) is 20.8 Å². The molecule has 0 saturated carbocycles. The lowest BCUT2D eigenvalue weighted by Crippen LogP contribution is -2.20. The van der Waals surface area contributed by atoms with Gasteiger partial charge in [-0.3, -0.25) is 4.79 Å². The lowest BCUT2D eigenvalue weighted by Gasteiger charge is -2.19. The van der Waals surface area contributed by atoms with E-state index in [0.717, 1.165) is 12.1 Å². The molecule has 0 unspecified atom stereocenters. The van der Waals surface area contributed by atoms with Crippen LogP contribution in [0.15, 0.2) is 12.1 Å². The molecule has 0 aliphatic carbocycles. The number of hydrogen-bond acceptors (Lipinski definition) is 2. The van der Waals surface area contributed by atoms with Crippen LogP contribution in [0, 0.1) is 11.6 Å². The molecule has 0 fully saturated rings. The number of imidazole rings is 1. The van der Waals surface area contributed by atoms with Crippen molar-refractivity contribution in [1.29, 1.82) is 0 Å². The summed E-state index contributed by atoms with van der Waals surface area (Å²) in [5, 5.41) is 8.81. The number of aryl methyl sites for hydroxylation is 1. The molecule has 2 rings (SSSR count). The Kier molecular flexibility index (Phi) is 3.50. The zero-order valence-electron chi connectivity index (χ0n) is 11.6. The lowest BCUT2D eigenvalue weighted by atomic mass is 9.95. The number of rotatable bonds is 3. The van der Waals surface area contributed by atoms with Gasteiger partial charge in [-0.1, -0.05) is 20.8 Å². The molecule has 1 heterocycles. The molecule has 108 valence electrons. The summed E-state index contributed by atoms with van der Waals surface area (Å²) >= 11 is 0. The van der Waals surface area contributed by atoms with Gasteiger partial charge in [0.1, 0.15) is 5.82 Å². The molecule has 20 heavy (non-hydrogen) atoms. The van der Waals surface area contributed by atoms with E-state index in [4.69, 9.17) is 5.11 Å². The van der Waals surface area contributed by atoms with E-state index < -0.39 is 17.6 Å². The molecule has 0 amide bonds. The quantitative estimate of drug-likeness (QED) is 0.941. The number of aliphatic carboxylic acids is 1. The monoisotopic (exact) mass is 282 g/mol. The number of hydrogen-bond donors (Lipinski definition) is 1. The third kappa shape index (κ3) is 2.64. The summed E-state index contributed by atoms with van der Waals surface area (Å²) in [6.07, 6.45) is -0.104. The fraction of sp³-hybridized carbons (Fsp3) is 0.429. The van der Waals surface area contributed by atoms with Gasteiger partial charge in [0.25, 0.3) is 0 Å². The Hall–Kier alpha value is -1.98. The number of benzene rings is 1. The molecular formula is C14H16F2N2O2. The van der Waals surface area contributed by atoms with Gasteiger partial charge in [0.2, 0.25) is 0 Å².